The van der Waals surface area contributed by atoms with Gasteiger partial charge in [-0.1, -0.05) is 31.2 Å². The zero-order chi connectivity index (χ0) is 19.6. The SMILES string of the molecule is CCc1ccc(CN(C)C(C)C(=O)Nc2sc3c(c2C(N)=O)CCC3)cc1. The molecule has 0 aliphatic heterocycles. The highest BCUT2D eigenvalue weighted by Crippen LogP contribution is 2.38. The summed E-state index contributed by atoms with van der Waals surface area (Å²) in [5, 5.41) is 3.54. The lowest BCUT2D eigenvalue weighted by Crippen LogP contribution is -2.39. The van der Waals surface area contributed by atoms with Crippen LogP contribution < -0.4 is 11.1 Å². The van der Waals surface area contributed by atoms with Crippen molar-refractivity contribution in [3.05, 3.63) is 51.4 Å². The molecule has 0 saturated heterocycles. The molecule has 1 aromatic carbocycles. The Labute approximate surface area is 164 Å². The van der Waals surface area contributed by atoms with Crippen molar-refractivity contribution < 1.29 is 9.59 Å². The quantitative estimate of drug-likeness (QED) is 0.767. The van der Waals surface area contributed by atoms with Gasteiger partial charge in [0.05, 0.1) is 11.6 Å². The number of thiophene rings is 1. The minimum absolute atomic E-state index is 0.120. The molecule has 0 saturated carbocycles. The number of primary amides is 1. The Morgan fingerprint density at radius 1 is 1.22 bits per heavy atom. The second-order valence-corrected chi connectivity index (χ2v) is 8.28. The van der Waals surface area contributed by atoms with Gasteiger partial charge in [0.2, 0.25) is 5.91 Å². The van der Waals surface area contributed by atoms with Crippen LogP contribution in [0.5, 0.6) is 0 Å². The van der Waals surface area contributed by atoms with Crippen molar-refractivity contribution >= 4 is 28.2 Å². The zero-order valence-electron chi connectivity index (χ0n) is 16.2. The van der Waals surface area contributed by atoms with Crippen LogP contribution in [-0.2, 0) is 30.6 Å². The van der Waals surface area contributed by atoms with Gasteiger partial charge < -0.3 is 11.1 Å². The third kappa shape index (κ3) is 4.22. The molecule has 1 aliphatic rings. The number of fused-ring (bicyclic) bond motifs is 1. The van der Waals surface area contributed by atoms with E-state index in [-0.39, 0.29) is 11.9 Å². The van der Waals surface area contributed by atoms with Crippen LogP contribution in [0.2, 0.25) is 0 Å². The normalized spacial score (nSPS) is 14.2. The number of nitrogens with zero attached hydrogens (tertiary/aromatic N) is 1. The van der Waals surface area contributed by atoms with Gasteiger partial charge in [0.15, 0.2) is 0 Å². The number of amides is 2. The zero-order valence-corrected chi connectivity index (χ0v) is 17.0. The van der Waals surface area contributed by atoms with Crippen LogP contribution in [0, 0.1) is 0 Å². The van der Waals surface area contributed by atoms with Crippen molar-refractivity contribution in [3.8, 4) is 0 Å². The molecule has 0 radical (unpaired) electrons. The largest absolute Gasteiger partial charge is 0.365 e. The molecule has 1 heterocycles. The maximum absolute atomic E-state index is 12.7. The molecule has 1 aliphatic carbocycles. The van der Waals surface area contributed by atoms with Gasteiger partial charge in [-0.15, -0.1) is 11.3 Å². The molecule has 144 valence electrons. The number of rotatable bonds is 7. The fraction of sp³-hybridized carbons (Fsp3) is 0.429. The number of carbonyl (C=O) groups is 2. The van der Waals surface area contributed by atoms with Gasteiger partial charge in [-0.05, 0) is 56.3 Å². The van der Waals surface area contributed by atoms with Gasteiger partial charge in [0, 0.05) is 11.4 Å². The summed E-state index contributed by atoms with van der Waals surface area (Å²) in [6, 6.07) is 8.14. The van der Waals surface area contributed by atoms with E-state index < -0.39 is 5.91 Å². The summed E-state index contributed by atoms with van der Waals surface area (Å²) in [6.07, 6.45) is 3.89. The number of likely N-dealkylation sites (N-methyl/N-ethyl adjacent to an activating group) is 1. The monoisotopic (exact) mass is 385 g/mol. The van der Waals surface area contributed by atoms with Crippen molar-refractivity contribution in [2.24, 2.45) is 5.73 Å². The van der Waals surface area contributed by atoms with Crippen LogP contribution in [0.4, 0.5) is 5.00 Å². The lowest BCUT2D eigenvalue weighted by Gasteiger charge is -2.24. The molecule has 1 aromatic heterocycles. The third-order valence-corrected chi connectivity index (χ3v) is 6.52. The molecular weight excluding hydrogens is 358 g/mol. The molecule has 0 fully saturated rings. The number of aryl methyl sites for hydroxylation is 2. The Kier molecular flexibility index (Phi) is 5.97. The first kappa shape index (κ1) is 19.6. The van der Waals surface area contributed by atoms with E-state index in [1.54, 1.807) is 0 Å². The Morgan fingerprint density at radius 3 is 2.52 bits per heavy atom. The van der Waals surface area contributed by atoms with E-state index in [9.17, 15) is 9.59 Å². The maximum Gasteiger partial charge on any atom is 0.251 e. The van der Waals surface area contributed by atoms with Crippen LogP contribution in [0.1, 0.15) is 52.2 Å². The van der Waals surface area contributed by atoms with E-state index in [2.05, 4.69) is 36.5 Å². The third-order valence-electron chi connectivity index (χ3n) is 5.31. The summed E-state index contributed by atoms with van der Waals surface area (Å²) in [5.74, 6) is -0.577. The highest BCUT2D eigenvalue weighted by Gasteiger charge is 2.27. The number of hydrogen-bond donors (Lipinski definition) is 2. The minimum atomic E-state index is -0.457. The Balaban J connectivity index is 1.67. The van der Waals surface area contributed by atoms with Crippen molar-refractivity contribution in [2.45, 2.75) is 52.1 Å². The van der Waals surface area contributed by atoms with Crippen molar-refractivity contribution in [3.63, 3.8) is 0 Å². The summed E-state index contributed by atoms with van der Waals surface area (Å²) in [7, 11) is 1.93. The van der Waals surface area contributed by atoms with Crippen molar-refractivity contribution in [2.75, 3.05) is 12.4 Å². The summed E-state index contributed by atoms with van der Waals surface area (Å²) < 4.78 is 0. The molecule has 2 aromatic rings. The van der Waals surface area contributed by atoms with E-state index in [1.165, 1.54) is 27.3 Å². The van der Waals surface area contributed by atoms with E-state index in [0.29, 0.717) is 17.1 Å². The molecule has 5 nitrogen and oxygen atoms in total. The van der Waals surface area contributed by atoms with Crippen LogP contribution in [0.3, 0.4) is 0 Å². The number of carbonyl (C=O) groups excluding carboxylic acids is 2. The Morgan fingerprint density at radius 2 is 1.89 bits per heavy atom. The molecule has 27 heavy (non-hydrogen) atoms. The summed E-state index contributed by atoms with van der Waals surface area (Å²) in [4.78, 5) is 27.8. The fourth-order valence-electron chi connectivity index (χ4n) is 3.47. The summed E-state index contributed by atoms with van der Waals surface area (Å²) in [5.41, 5.74) is 9.58. The van der Waals surface area contributed by atoms with Crippen LogP contribution in [-0.4, -0.2) is 29.8 Å². The van der Waals surface area contributed by atoms with Gasteiger partial charge in [0.1, 0.15) is 5.00 Å². The second kappa shape index (κ2) is 8.23. The number of hydrogen-bond acceptors (Lipinski definition) is 4. The van der Waals surface area contributed by atoms with E-state index in [1.807, 2.05) is 18.9 Å². The molecule has 0 spiro atoms. The lowest BCUT2D eigenvalue weighted by molar-refractivity contribution is -0.120. The molecule has 2 amide bonds. The van der Waals surface area contributed by atoms with Crippen LogP contribution in [0.15, 0.2) is 24.3 Å². The summed E-state index contributed by atoms with van der Waals surface area (Å²) in [6.45, 7) is 4.69. The van der Waals surface area contributed by atoms with Crippen LogP contribution >= 0.6 is 11.3 Å². The lowest BCUT2D eigenvalue weighted by atomic mass is 10.1. The average molecular weight is 386 g/mol. The first-order valence-corrected chi connectivity index (χ1v) is 10.3. The topological polar surface area (TPSA) is 75.4 Å². The molecular formula is C21H27N3O2S. The number of benzene rings is 1. The molecule has 1 atom stereocenters. The Bertz CT molecular complexity index is 842. The predicted molar refractivity (Wildman–Crippen MR) is 110 cm³/mol. The molecule has 3 rings (SSSR count). The molecule has 1 unspecified atom stereocenters. The molecule has 6 heteroatoms. The van der Waals surface area contributed by atoms with Crippen molar-refractivity contribution in [1.29, 1.82) is 0 Å². The fourth-order valence-corrected chi connectivity index (χ4v) is 4.77. The minimum Gasteiger partial charge on any atom is -0.365 e. The molecule has 0 bridgehead atoms. The van der Waals surface area contributed by atoms with Gasteiger partial charge in [-0.2, -0.15) is 0 Å². The highest BCUT2D eigenvalue weighted by atomic mass is 32.1. The van der Waals surface area contributed by atoms with E-state index in [4.69, 9.17) is 5.73 Å². The van der Waals surface area contributed by atoms with E-state index in [0.717, 1.165) is 31.2 Å². The first-order chi connectivity index (χ1) is 12.9. The summed E-state index contributed by atoms with van der Waals surface area (Å²) >= 11 is 1.49. The van der Waals surface area contributed by atoms with Crippen molar-refractivity contribution in [1.82, 2.24) is 4.90 Å². The second-order valence-electron chi connectivity index (χ2n) is 7.18. The highest BCUT2D eigenvalue weighted by molar-refractivity contribution is 7.17. The maximum atomic E-state index is 12.7. The number of anilines is 1. The number of nitrogens with two attached hydrogens (primary N) is 1. The smallest absolute Gasteiger partial charge is 0.251 e. The average Bonchev–Trinajstić information content (AvgIpc) is 3.21. The molecule has 3 N–H and O–H groups in total. The van der Waals surface area contributed by atoms with Gasteiger partial charge in [-0.3, -0.25) is 14.5 Å². The van der Waals surface area contributed by atoms with Crippen LogP contribution in [0.25, 0.3) is 0 Å². The van der Waals surface area contributed by atoms with Gasteiger partial charge >= 0.3 is 0 Å². The predicted octanol–water partition coefficient (Wildman–Crippen LogP) is 3.36. The Hall–Kier alpha value is -2.18. The van der Waals surface area contributed by atoms with Gasteiger partial charge in [-0.25, -0.2) is 0 Å². The first-order valence-electron chi connectivity index (χ1n) is 9.44. The number of nitrogens with one attached hydrogen (secondary N) is 1. The standard InChI is InChI=1S/C21H27N3O2S/c1-4-14-8-10-15(11-9-14)12-24(3)13(2)20(26)23-21-18(19(22)25)16-6-5-7-17(16)27-21/h8-11,13H,4-7,12H2,1-3H3,(H2,22,25)(H,23,26). The van der Waals surface area contributed by atoms with E-state index >= 15 is 0 Å². The van der Waals surface area contributed by atoms with Gasteiger partial charge in [0.25, 0.3) is 5.91 Å².